The first kappa shape index (κ1) is 19.3. The summed E-state index contributed by atoms with van der Waals surface area (Å²) < 4.78 is 26.6. The van der Waals surface area contributed by atoms with Gasteiger partial charge in [0.15, 0.2) is 4.90 Å². The average molecular weight is 370 g/mol. The lowest BCUT2D eigenvalue weighted by molar-refractivity contribution is -0.387. The van der Waals surface area contributed by atoms with Gasteiger partial charge in [0.25, 0.3) is 5.69 Å². The van der Waals surface area contributed by atoms with Gasteiger partial charge in [-0.2, -0.15) is 0 Å². The molecule has 1 amide bonds. The Balaban J connectivity index is 1.76. The number of carbonyl (C=O) groups excluding carboxylic acids is 1. The lowest BCUT2D eigenvalue weighted by Crippen LogP contribution is -2.35. The van der Waals surface area contributed by atoms with Crippen LogP contribution in [-0.2, 0) is 14.8 Å². The summed E-state index contributed by atoms with van der Waals surface area (Å²) >= 11 is 0. The molecule has 0 aliphatic carbocycles. The number of nitro benzene ring substituents is 1. The molecule has 1 aliphatic rings. The second-order valence-corrected chi connectivity index (χ2v) is 7.61. The highest BCUT2D eigenvalue weighted by Crippen LogP contribution is 2.22. The van der Waals surface area contributed by atoms with Crippen LogP contribution in [0.25, 0.3) is 0 Å². The minimum atomic E-state index is -4.01. The highest BCUT2D eigenvalue weighted by atomic mass is 32.2. The molecule has 1 unspecified atom stereocenters. The van der Waals surface area contributed by atoms with Crippen LogP contribution in [0.5, 0.6) is 0 Å². The number of hydrogen-bond acceptors (Lipinski definition) is 6. The van der Waals surface area contributed by atoms with Crippen molar-refractivity contribution in [3.63, 3.8) is 0 Å². The van der Waals surface area contributed by atoms with Crippen molar-refractivity contribution in [3.8, 4) is 0 Å². The molecule has 1 aromatic rings. The van der Waals surface area contributed by atoms with Crippen molar-refractivity contribution in [2.24, 2.45) is 5.92 Å². The Morgan fingerprint density at radius 2 is 2.08 bits per heavy atom. The second kappa shape index (κ2) is 8.88. The van der Waals surface area contributed by atoms with Crippen LogP contribution in [0, 0.1) is 16.0 Å². The molecule has 1 aromatic carbocycles. The summed E-state index contributed by atoms with van der Waals surface area (Å²) in [5.41, 5.74) is -0.482. The van der Waals surface area contributed by atoms with Crippen molar-refractivity contribution in [1.82, 2.24) is 15.4 Å². The molecule has 1 atom stereocenters. The normalized spacial score (nSPS) is 17.4. The summed E-state index contributed by atoms with van der Waals surface area (Å²) in [6.45, 7) is 2.01. The molecule has 0 saturated carbocycles. The summed E-state index contributed by atoms with van der Waals surface area (Å²) in [7, 11) is -4.01. The lowest BCUT2D eigenvalue weighted by atomic mass is 10.0. The van der Waals surface area contributed by atoms with E-state index in [9.17, 15) is 23.3 Å². The van der Waals surface area contributed by atoms with E-state index in [1.54, 1.807) is 0 Å². The zero-order chi connectivity index (χ0) is 18.3. The first-order chi connectivity index (χ1) is 11.9. The van der Waals surface area contributed by atoms with Crippen molar-refractivity contribution in [2.75, 3.05) is 26.2 Å². The highest BCUT2D eigenvalue weighted by molar-refractivity contribution is 7.89. The number of carbonyl (C=O) groups is 1. The molecule has 1 saturated heterocycles. The Morgan fingerprint density at radius 1 is 1.32 bits per heavy atom. The smallest absolute Gasteiger partial charge is 0.289 e. The maximum atomic E-state index is 12.2. The van der Waals surface area contributed by atoms with E-state index in [0.29, 0.717) is 12.3 Å². The number of para-hydroxylation sites is 1. The van der Waals surface area contributed by atoms with Crippen molar-refractivity contribution >= 4 is 21.6 Å². The summed E-state index contributed by atoms with van der Waals surface area (Å²) in [6, 6.07) is 5.13. The Bertz CT molecular complexity index is 716. The van der Waals surface area contributed by atoms with Crippen molar-refractivity contribution in [2.45, 2.75) is 24.2 Å². The van der Waals surface area contributed by atoms with Crippen LogP contribution in [0.3, 0.4) is 0 Å². The summed E-state index contributed by atoms with van der Waals surface area (Å²) in [6.07, 6.45) is 2.28. The van der Waals surface area contributed by atoms with E-state index < -0.39 is 20.6 Å². The topological polar surface area (TPSA) is 130 Å². The molecule has 3 N–H and O–H groups in total. The molecular formula is C15H22N4O5S. The number of nitrogens with one attached hydrogen (secondary N) is 3. The van der Waals surface area contributed by atoms with Crippen molar-refractivity contribution in [1.29, 1.82) is 0 Å². The predicted octanol–water partition coefficient (Wildman–Crippen LogP) is 0.379. The lowest BCUT2D eigenvalue weighted by Gasteiger charge is -2.10. The Kier molecular flexibility index (Phi) is 6.85. The van der Waals surface area contributed by atoms with E-state index in [-0.39, 0.29) is 23.9 Å². The SMILES string of the molecule is O=C(CCC1CCNC1)NCCNS(=O)(=O)c1ccccc1[N+](=O)[O-]. The van der Waals surface area contributed by atoms with Gasteiger partial charge < -0.3 is 10.6 Å². The zero-order valence-electron chi connectivity index (χ0n) is 13.7. The Hall–Kier alpha value is -2.04. The van der Waals surface area contributed by atoms with Gasteiger partial charge in [-0.3, -0.25) is 14.9 Å². The molecule has 0 bridgehead atoms. The molecule has 1 aliphatic heterocycles. The molecule has 9 nitrogen and oxygen atoms in total. The predicted molar refractivity (Wildman–Crippen MR) is 91.5 cm³/mol. The van der Waals surface area contributed by atoms with Crippen molar-refractivity contribution in [3.05, 3.63) is 34.4 Å². The average Bonchev–Trinajstić information content (AvgIpc) is 3.10. The zero-order valence-corrected chi connectivity index (χ0v) is 14.5. The second-order valence-electron chi connectivity index (χ2n) is 5.87. The number of amides is 1. The summed E-state index contributed by atoms with van der Waals surface area (Å²) in [5, 5.41) is 16.8. The number of nitrogens with zero attached hydrogens (tertiary/aromatic N) is 1. The fraction of sp³-hybridized carbons (Fsp3) is 0.533. The van der Waals surface area contributed by atoms with Gasteiger partial charge in [0.1, 0.15) is 0 Å². The fourth-order valence-corrected chi connectivity index (χ4v) is 3.89. The van der Waals surface area contributed by atoms with Gasteiger partial charge in [0.05, 0.1) is 4.92 Å². The van der Waals surface area contributed by atoms with Crippen LogP contribution >= 0.6 is 0 Å². The number of nitro groups is 1. The summed E-state index contributed by atoms with van der Waals surface area (Å²) in [4.78, 5) is 21.5. The van der Waals surface area contributed by atoms with Gasteiger partial charge in [-0.15, -0.1) is 0 Å². The van der Waals surface area contributed by atoms with Crippen LogP contribution in [0.2, 0.25) is 0 Å². The van der Waals surface area contributed by atoms with Crippen LogP contribution in [-0.4, -0.2) is 45.4 Å². The monoisotopic (exact) mass is 370 g/mol. The van der Waals surface area contributed by atoms with Gasteiger partial charge in [-0.05, 0) is 37.9 Å². The third-order valence-electron chi connectivity index (χ3n) is 4.03. The number of benzene rings is 1. The maximum Gasteiger partial charge on any atom is 0.289 e. The number of rotatable bonds is 9. The van der Waals surface area contributed by atoms with E-state index in [0.717, 1.165) is 32.0 Å². The number of hydrogen-bond donors (Lipinski definition) is 3. The molecule has 25 heavy (non-hydrogen) atoms. The molecule has 0 spiro atoms. The van der Waals surface area contributed by atoms with E-state index in [4.69, 9.17) is 0 Å². The minimum absolute atomic E-state index is 0.0366. The van der Waals surface area contributed by atoms with E-state index >= 15 is 0 Å². The molecule has 0 aromatic heterocycles. The first-order valence-corrected chi connectivity index (χ1v) is 9.59. The minimum Gasteiger partial charge on any atom is -0.355 e. The molecule has 1 fully saturated rings. The van der Waals surface area contributed by atoms with Gasteiger partial charge >= 0.3 is 0 Å². The summed E-state index contributed by atoms with van der Waals surface area (Å²) in [5.74, 6) is 0.389. The van der Waals surface area contributed by atoms with Crippen LogP contribution in [0.1, 0.15) is 19.3 Å². The third-order valence-corrected chi connectivity index (χ3v) is 5.54. The quantitative estimate of drug-likeness (QED) is 0.327. The van der Waals surface area contributed by atoms with Crippen LogP contribution in [0.4, 0.5) is 5.69 Å². The Labute approximate surface area is 146 Å². The van der Waals surface area contributed by atoms with E-state index in [1.807, 2.05) is 0 Å². The van der Waals surface area contributed by atoms with Gasteiger partial charge in [0.2, 0.25) is 15.9 Å². The molecule has 10 heteroatoms. The third kappa shape index (κ3) is 5.76. The van der Waals surface area contributed by atoms with Crippen LogP contribution in [0.15, 0.2) is 29.2 Å². The highest BCUT2D eigenvalue weighted by Gasteiger charge is 2.24. The van der Waals surface area contributed by atoms with Gasteiger partial charge in [0, 0.05) is 25.6 Å². The van der Waals surface area contributed by atoms with E-state index in [2.05, 4.69) is 15.4 Å². The fourth-order valence-electron chi connectivity index (χ4n) is 2.68. The Morgan fingerprint density at radius 3 is 2.76 bits per heavy atom. The van der Waals surface area contributed by atoms with E-state index in [1.165, 1.54) is 18.2 Å². The molecule has 2 rings (SSSR count). The molecule has 1 heterocycles. The molecule has 138 valence electrons. The molecular weight excluding hydrogens is 348 g/mol. The van der Waals surface area contributed by atoms with Gasteiger partial charge in [-0.1, -0.05) is 12.1 Å². The van der Waals surface area contributed by atoms with Crippen molar-refractivity contribution < 1.29 is 18.1 Å². The molecule has 0 radical (unpaired) electrons. The largest absolute Gasteiger partial charge is 0.355 e. The van der Waals surface area contributed by atoms with Crippen LogP contribution < -0.4 is 15.4 Å². The maximum absolute atomic E-state index is 12.2. The first-order valence-electron chi connectivity index (χ1n) is 8.10. The number of sulfonamides is 1. The standard InChI is InChI=1S/C15H22N4O5S/c20-15(6-5-12-7-8-16-11-12)17-9-10-18-25(23,24)14-4-2-1-3-13(14)19(21)22/h1-4,12,16,18H,5-11H2,(H,17,20). The van der Waals surface area contributed by atoms with Gasteiger partial charge in [-0.25, -0.2) is 13.1 Å².